The normalized spacial score (nSPS) is 21.2. The maximum atomic E-state index is 11.9. The summed E-state index contributed by atoms with van der Waals surface area (Å²) in [6, 6.07) is 7.50. The van der Waals surface area contributed by atoms with Crippen LogP contribution in [0.1, 0.15) is 31.4 Å². The molecule has 92 valence electrons. The molecule has 1 aliphatic rings. The first-order valence-electron chi connectivity index (χ1n) is 5.96. The van der Waals surface area contributed by atoms with Crippen molar-refractivity contribution in [2.75, 3.05) is 6.54 Å². The molecule has 1 amide bonds. The molecule has 1 aliphatic heterocycles. The molecule has 2 N–H and O–H groups in total. The van der Waals surface area contributed by atoms with E-state index in [1.807, 2.05) is 31.2 Å². The lowest BCUT2D eigenvalue weighted by atomic mass is 10.1. The van der Waals surface area contributed by atoms with Crippen molar-refractivity contribution in [3.8, 4) is 0 Å². The zero-order chi connectivity index (χ0) is 12.3. The molecule has 1 saturated heterocycles. The largest absolute Gasteiger partial charge is 0.348 e. The van der Waals surface area contributed by atoms with Crippen LogP contribution in [0.4, 0.5) is 0 Å². The number of rotatable bonds is 3. The van der Waals surface area contributed by atoms with Gasteiger partial charge in [-0.15, -0.1) is 0 Å². The maximum absolute atomic E-state index is 11.9. The van der Waals surface area contributed by atoms with Crippen molar-refractivity contribution < 1.29 is 4.79 Å². The number of benzene rings is 1. The summed E-state index contributed by atoms with van der Waals surface area (Å²) in [5.74, 6) is 0.0647. The van der Waals surface area contributed by atoms with E-state index in [2.05, 4.69) is 10.6 Å². The molecule has 17 heavy (non-hydrogen) atoms. The molecule has 0 saturated carbocycles. The molecule has 0 aromatic heterocycles. The third-order valence-corrected chi connectivity index (χ3v) is 3.45. The molecule has 0 bridgehead atoms. The van der Waals surface area contributed by atoms with Gasteiger partial charge in [-0.1, -0.05) is 29.8 Å². The highest BCUT2D eigenvalue weighted by atomic mass is 35.5. The fourth-order valence-corrected chi connectivity index (χ4v) is 2.43. The van der Waals surface area contributed by atoms with Gasteiger partial charge in [0, 0.05) is 5.02 Å². The minimum atomic E-state index is -0.0569. The van der Waals surface area contributed by atoms with Crippen LogP contribution in [-0.4, -0.2) is 18.5 Å². The van der Waals surface area contributed by atoms with E-state index in [1.165, 1.54) is 0 Å². The first-order valence-corrected chi connectivity index (χ1v) is 6.34. The second kappa shape index (κ2) is 5.52. The molecule has 0 radical (unpaired) electrons. The summed E-state index contributed by atoms with van der Waals surface area (Å²) in [6.45, 7) is 2.88. The smallest absolute Gasteiger partial charge is 0.237 e. The standard InChI is InChI=1S/C13H17ClN2O/c1-9(10-5-2-3-6-11(10)14)16-13(17)12-7-4-8-15-12/h2-3,5-6,9,12,15H,4,7-8H2,1H3,(H,16,17)/t9-,12-/m1/s1. The third-order valence-electron chi connectivity index (χ3n) is 3.11. The van der Waals surface area contributed by atoms with Crippen LogP contribution >= 0.6 is 11.6 Å². The topological polar surface area (TPSA) is 41.1 Å². The van der Waals surface area contributed by atoms with Gasteiger partial charge < -0.3 is 10.6 Å². The van der Waals surface area contributed by atoms with E-state index in [1.54, 1.807) is 0 Å². The van der Waals surface area contributed by atoms with Gasteiger partial charge in [0.25, 0.3) is 0 Å². The Morgan fingerprint density at radius 1 is 1.53 bits per heavy atom. The van der Waals surface area contributed by atoms with Crippen molar-refractivity contribution in [3.05, 3.63) is 34.9 Å². The van der Waals surface area contributed by atoms with Gasteiger partial charge in [-0.05, 0) is 37.9 Å². The van der Waals surface area contributed by atoms with Gasteiger partial charge in [-0.25, -0.2) is 0 Å². The van der Waals surface area contributed by atoms with E-state index < -0.39 is 0 Å². The molecular weight excluding hydrogens is 236 g/mol. The van der Waals surface area contributed by atoms with Crippen molar-refractivity contribution in [1.82, 2.24) is 10.6 Å². The predicted octanol–water partition coefficient (Wildman–Crippen LogP) is 2.27. The van der Waals surface area contributed by atoms with Gasteiger partial charge in [0.05, 0.1) is 12.1 Å². The minimum absolute atomic E-state index is 0.0417. The number of carbonyl (C=O) groups excluding carboxylic acids is 1. The molecule has 1 aromatic rings. The molecule has 4 heteroatoms. The Labute approximate surface area is 107 Å². The zero-order valence-corrected chi connectivity index (χ0v) is 10.6. The summed E-state index contributed by atoms with van der Waals surface area (Å²) in [4.78, 5) is 11.9. The molecule has 1 aromatic carbocycles. The highest BCUT2D eigenvalue weighted by Crippen LogP contribution is 2.22. The number of hydrogen-bond acceptors (Lipinski definition) is 2. The molecule has 3 nitrogen and oxygen atoms in total. The lowest BCUT2D eigenvalue weighted by Gasteiger charge is -2.18. The Morgan fingerprint density at radius 3 is 2.94 bits per heavy atom. The van der Waals surface area contributed by atoms with Crippen LogP contribution < -0.4 is 10.6 Å². The fraction of sp³-hybridized carbons (Fsp3) is 0.462. The predicted molar refractivity (Wildman–Crippen MR) is 69.0 cm³/mol. The molecule has 1 fully saturated rings. The lowest BCUT2D eigenvalue weighted by molar-refractivity contribution is -0.123. The van der Waals surface area contributed by atoms with Crippen LogP contribution in [0, 0.1) is 0 Å². The summed E-state index contributed by atoms with van der Waals surface area (Å²) < 4.78 is 0. The molecule has 0 aliphatic carbocycles. The SMILES string of the molecule is C[C@@H](NC(=O)[C@H]1CCCN1)c1ccccc1Cl. The van der Waals surface area contributed by atoms with E-state index in [0.717, 1.165) is 24.9 Å². The van der Waals surface area contributed by atoms with Crippen molar-refractivity contribution in [2.24, 2.45) is 0 Å². The van der Waals surface area contributed by atoms with Crippen molar-refractivity contribution >= 4 is 17.5 Å². The van der Waals surface area contributed by atoms with Crippen LogP contribution in [0.25, 0.3) is 0 Å². The highest BCUT2D eigenvalue weighted by Gasteiger charge is 2.23. The van der Waals surface area contributed by atoms with Crippen molar-refractivity contribution in [1.29, 1.82) is 0 Å². The fourth-order valence-electron chi connectivity index (χ4n) is 2.13. The molecular formula is C13H17ClN2O. The number of halogens is 1. The van der Waals surface area contributed by atoms with Gasteiger partial charge in [0.15, 0.2) is 0 Å². The van der Waals surface area contributed by atoms with Gasteiger partial charge in [-0.3, -0.25) is 4.79 Å². The summed E-state index contributed by atoms with van der Waals surface area (Å²) in [5.41, 5.74) is 0.959. The minimum Gasteiger partial charge on any atom is -0.348 e. The Morgan fingerprint density at radius 2 is 2.29 bits per heavy atom. The van der Waals surface area contributed by atoms with E-state index in [0.29, 0.717) is 5.02 Å². The lowest BCUT2D eigenvalue weighted by Crippen LogP contribution is -2.41. The van der Waals surface area contributed by atoms with Crippen LogP contribution in [0.3, 0.4) is 0 Å². The Balaban J connectivity index is 1.99. The van der Waals surface area contributed by atoms with Gasteiger partial charge >= 0.3 is 0 Å². The highest BCUT2D eigenvalue weighted by molar-refractivity contribution is 6.31. The molecule has 2 rings (SSSR count). The Kier molecular flexibility index (Phi) is 4.02. The maximum Gasteiger partial charge on any atom is 0.237 e. The average molecular weight is 253 g/mol. The van der Waals surface area contributed by atoms with Crippen LogP contribution in [0.5, 0.6) is 0 Å². The van der Waals surface area contributed by atoms with Crippen molar-refractivity contribution in [2.45, 2.75) is 31.8 Å². The van der Waals surface area contributed by atoms with Gasteiger partial charge in [-0.2, -0.15) is 0 Å². The van der Waals surface area contributed by atoms with Crippen LogP contribution in [-0.2, 0) is 4.79 Å². The molecule has 1 heterocycles. The number of nitrogens with one attached hydrogen (secondary N) is 2. The number of carbonyl (C=O) groups is 1. The summed E-state index contributed by atoms with van der Waals surface area (Å²) >= 11 is 6.10. The average Bonchev–Trinajstić information content (AvgIpc) is 2.82. The summed E-state index contributed by atoms with van der Waals surface area (Å²) in [7, 11) is 0. The summed E-state index contributed by atoms with van der Waals surface area (Å²) in [5, 5.41) is 6.87. The second-order valence-electron chi connectivity index (χ2n) is 4.40. The van der Waals surface area contributed by atoms with Crippen LogP contribution in [0.15, 0.2) is 24.3 Å². The van der Waals surface area contributed by atoms with E-state index in [9.17, 15) is 4.79 Å². The Bertz CT molecular complexity index is 402. The molecule has 0 unspecified atom stereocenters. The van der Waals surface area contributed by atoms with Gasteiger partial charge in [0.2, 0.25) is 5.91 Å². The number of amides is 1. The van der Waals surface area contributed by atoms with Crippen molar-refractivity contribution in [3.63, 3.8) is 0 Å². The monoisotopic (exact) mass is 252 g/mol. The second-order valence-corrected chi connectivity index (χ2v) is 4.81. The number of hydrogen-bond donors (Lipinski definition) is 2. The van der Waals surface area contributed by atoms with Gasteiger partial charge in [0.1, 0.15) is 0 Å². The first-order chi connectivity index (χ1) is 8.18. The molecule has 2 atom stereocenters. The molecule has 0 spiro atoms. The third kappa shape index (κ3) is 2.99. The Hall–Kier alpha value is -1.06. The summed E-state index contributed by atoms with van der Waals surface area (Å²) in [6.07, 6.45) is 1.99. The van der Waals surface area contributed by atoms with E-state index in [4.69, 9.17) is 11.6 Å². The van der Waals surface area contributed by atoms with E-state index >= 15 is 0 Å². The van der Waals surface area contributed by atoms with Crippen LogP contribution in [0.2, 0.25) is 5.02 Å². The zero-order valence-electron chi connectivity index (χ0n) is 9.87. The van der Waals surface area contributed by atoms with E-state index in [-0.39, 0.29) is 18.0 Å². The first kappa shape index (κ1) is 12.4. The quantitative estimate of drug-likeness (QED) is 0.867.